The first-order chi connectivity index (χ1) is 14.9. The molecule has 2 aromatic heterocycles. The molecule has 1 amide bonds. The molecule has 0 aliphatic heterocycles. The van der Waals surface area contributed by atoms with Crippen LogP contribution in [0.25, 0.3) is 22.1 Å². The Morgan fingerprint density at radius 1 is 1.06 bits per heavy atom. The highest BCUT2D eigenvalue weighted by molar-refractivity contribution is 7.15. The Hall–Kier alpha value is -3.13. The van der Waals surface area contributed by atoms with Gasteiger partial charge < -0.3 is 14.5 Å². The van der Waals surface area contributed by atoms with Gasteiger partial charge in [-0.05, 0) is 42.0 Å². The maximum Gasteiger partial charge on any atom is 0.341 e. The maximum absolute atomic E-state index is 12.9. The average Bonchev–Trinajstić information content (AvgIpc) is 3.16. The molecule has 0 atom stereocenters. The molecule has 2 N–H and O–H groups in total. The monoisotopic (exact) mass is 472 g/mol. The molecule has 0 radical (unpaired) electrons. The lowest BCUT2D eigenvalue weighted by molar-refractivity contribution is 0.0603. The van der Waals surface area contributed by atoms with Crippen molar-refractivity contribution in [3.05, 3.63) is 80.6 Å². The second kappa shape index (κ2) is 8.55. The third-order valence-corrected chi connectivity index (χ3v) is 5.92. The molecule has 6 nitrogen and oxygen atoms in total. The zero-order chi connectivity index (χ0) is 22.1. The largest absolute Gasteiger partial charge is 0.465 e. The first kappa shape index (κ1) is 21.1. The topological polar surface area (TPSA) is 92.4 Å². The molecule has 0 bridgehead atoms. The van der Waals surface area contributed by atoms with Crippen molar-refractivity contribution in [2.24, 2.45) is 0 Å². The number of hydrogen-bond acceptors (Lipinski definition) is 6. The number of amides is 1. The Kier molecular flexibility index (Phi) is 5.82. The minimum absolute atomic E-state index is 0.00651. The number of hydrogen-bond donors (Lipinski definition) is 2. The number of nitrogens with one attached hydrogen (secondary N) is 2. The molecule has 4 rings (SSSR count). The van der Waals surface area contributed by atoms with Crippen LogP contribution in [0.15, 0.2) is 58.3 Å². The Labute approximate surface area is 190 Å². The van der Waals surface area contributed by atoms with Gasteiger partial charge in [0.2, 0.25) is 5.55 Å². The van der Waals surface area contributed by atoms with Crippen LogP contribution in [0.3, 0.4) is 0 Å². The molecule has 4 aromatic rings. The molecule has 0 saturated heterocycles. The van der Waals surface area contributed by atoms with Gasteiger partial charge in [-0.3, -0.25) is 10.2 Å². The highest BCUT2D eigenvalue weighted by atomic mass is 35.5. The van der Waals surface area contributed by atoms with E-state index >= 15 is 0 Å². The van der Waals surface area contributed by atoms with Crippen molar-refractivity contribution in [1.29, 1.82) is 5.41 Å². The normalized spacial score (nSPS) is 10.8. The molecular formula is C22H14Cl2N2O4S. The summed E-state index contributed by atoms with van der Waals surface area (Å²) >= 11 is 13.1. The fourth-order valence-electron chi connectivity index (χ4n) is 3.05. The van der Waals surface area contributed by atoms with Gasteiger partial charge in [0, 0.05) is 26.4 Å². The molecule has 0 unspecified atom stereocenters. The summed E-state index contributed by atoms with van der Waals surface area (Å²) in [6, 6.07) is 13.4. The van der Waals surface area contributed by atoms with Gasteiger partial charge in [-0.1, -0.05) is 35.3 Å². The third kappa shape index (κ3) is 4.20. The number of benzene rings is 2. The summed E-state index contributed by atoms with van der Waals surface area (Å²) in [6.45, 7) is 0. The second-order valence-electron chi connectivity index (χ2n) is 6.48. The van der Waals surface area contributed by atoms with Gasteiger partial charge in [0.15, 0.2) is 0 Å². The molecule has 0 fully saturated rings. The molecule has 156 valence electrons. The predicted octanol–water partition coefficient (Wildman–Crippen LogP) is 5.99. The van der Waals surface area contributed by atoms with Crippen LogP contribution in [-0.2, 0) is 4.74 Å². The first-order valence-electron chi connectivity index (χ1n) is 8.92. The second-order valence-corrected chi connectivity index (χ2v) is 8.23. The van der Waals surface area contributed by atoms with E-state index in [9.17, 15) is 9.59 Å². The molecule has 0 aliphatic carbocycles. The fourth-order valence-corrected chi connectivity index (χ4v) is 4.31. The van der Waals surface area contributed by atoms with Crippen LogP contribution in [0.5, 0.6) is 0 Å². The van der Waals surface area contributed by atoms with E-state index in [-0.39, 0.29) is 16.7 Å². The number of fused-ring (bicyclic) bond motifs is 1. The number of carbonyl (C=O) groups is 2. The summed E-state index contributed by atoms with van der Waals surface area (Å²) in [5.41, 5.74) is 1.70. The molecule has 2 aromatic carbocycles. The minimum Gasteiger partial charge on any atom is -0.465 e. The van der Waals surface area contributed by atoms with Crippen LogP contribution >= 0.6 is 34.5 Å². The van der Waals surface area contributed by atoms with Crippen LogP contribution < -0.4 is 10.9 Å². The predicted molar refractivity (Wildman–Crippen MR) is 121 cm³/mol. The summed E-state index contributed by atoms with van der Waals surface area (Å²) in [5, 5.41) is 14.4. The van der Waals surface area contributed by atoms with Crippen molar-refractivity contribution in [2.75, 3.05) is 12.4 Å². The van der Waals surface area contributed by atoms with Crippen LogP contribution in [-0.4, -0.2) is 19.0 Å². The summed E-state index contributed by atoms with van der Waals surface area (Å²) < 4.78 is 10.4. The van der Waals surface area contributed by atoms with Crippen molar-refractivity contribution < 1.29 is 18.7 Å². The summed E-state index contributed by atoms with van der Waals surface area (Å²) in [7, 11) is 1.27. The number of halogens is 2. The summed E-state index contributed by atoms with van der Waals surface area (Å²) in [4.78, 5) is 25.4. The van der Waals surface area contributed by atoms with E-state index in [1.165, 1.54) is 24.5 Å². The van der Waals surface area contributed by atoms with Gasteiger partial charge in [0.05, 0.1) is 7.11 Å². The number of methoxy groups -OCH3 is 1. The number of carbonyl (C=O) groups excluding carboxylic acids is 2. The van der Waals surface area contributed by atoms with Crippen molar-refractivity contribution >= 4 is 62.4 Å². The maximum atomic E-state index is 12.9. The molecule has 31 heavy (non-hydrogen) atoms. The number of thiophene rings is 1. The molecular weight excluding hydrogens is 459 g/mol. The smallest absolute Gasteiger partial charge is 0.341 e. The van der Waals surface area contributed by atoms with E-state index in [1.54, 1.807) is 47.8 Å². The van der Waals surface area contributed by atoms with E-state index in [0.717, 1.165) is 5.56 Å². The number of ether oxygens (including phenoxy) is 1. The zero-order valence-electron chi connectivity index (χ0n) is 16.0. The number of rotatable bonds is 4. The van der Waals surface area contributed by atoms with Crippen LogP contribution in [0.2, 0.25) is 10.0 Å². The fraction of sp³-hybridized carbons (Fsp3) is 0.0455. The SMILES string of the molecule is COC(=O)c1c(-c2ccc(Cl)cc2)csc1NC(=O)c1cc2cc(Cl)ccc2oc1=N. The Morgan fingerprint density at radius 2 is 1.77 bits per heavy atom. The molecule has 0 aliphatic rings. The van der Waals surface area contributed by atoms with E-state index in [2.05, 4.69) is 5.32 Å². The van der Waals surface area contributed by atoms with Crippen LogP contribution in [0, 0.1) is 5.41 Å². The summed E-state index contributed by atoms with van der Waals surface area (Å²) in [5.74, 6) is -1.19. The van der Waals surface area contributed by atoms with E-state index in [4.69, 9.17) is 37.8 Å². The lowest BCUT2D eigenvalue weighted by Gasteiger charge is -2.08. The molecule has 0 saturated carbocycles. The third-order valence-electron chi connectivity index (χ3n) is 4.54. The van der Waals surface area contributed by atoms with Crippen molar-refractivity contribution in [1.82, 2.24) is 0 Å². The standard InChI is InChI=1S/C22H14Cl2N2O4S/c1-29-22(28)18-16(11-2-4-13(23)5-3-11)10-31-21(18)26-20(27)15-9-12-8-14(24)6-7-17(12)30-19(15)25/h2-10,25H,1H3,(H,26,27). The van der Waals surface area contributed by atoms with Crippen molar-refractivity contribution in [3.8, 4) is 11.1 Å². The van der Waals surface area contributed by atoms with Crippen molar-refractivity contribution in [2.45, 2.75) is 0 Å². The first-order valence-corrected chi connectivity index (χ1v) is 10.6. The Morgan fingerprint density at radius 3 is 2.48 bits per heavy atom. The number of esters is 1. The van der Waals surface area contributed by atoms with Crippen LogP contribution in [0.4, 0.5) is 5.00 Å². The van der Waals surface area contributed by atoms with E-state index < -0.39 is 11.9 Å². The quantitative estimate of drug-likeness (QED) is 0.357. The van der Waals surface area contributed by atoms with Gasteiger partial charge in [-0.25, -0.2) is 4.79 Å². The lowest BCUT2D eigenvalue weighted by Crippen LogP contribution is -2.21. The molecule has 0 spiro atoms. The highest BCUT2D eigenvalue weighted by Crippen LogP contribution is 2.36. The Balaban J connectivity index is 1.74. The molecule has 2 heterocycles. The van der Waals surface area contributed by atoms with Gasteiger partial charge in [-0.15, -0.1) is 11.3 Å². The highest BCUT2D eigenvalue weighted by Gasteiger charge is 2.23. The number of anilines is 1. The summed E-state index contributed by atoms with van der Waals surface area (Å²) in [6.07, 6.45) is 0. The van der Waals surface area contributed by atoms with Gasteiger partial charge in [0.25, 0.3) is 5.91 Å². The van der Waals surface area contributed by atoms with Crippen LogP contribution in [0.1, 0.15) is 20.7 Å². The average molecular weight is 473 g/mol. The van der Waals surface area contributed by atoms with Gasteiger partial charge >= 0.3 is 5.97 Å². The Bertz CT molecular complexity index is 1380. The van der Waals surface area contributed by atoms with Gasteiger partial charge in [-0.2, -0.15) is 0 Å². The van der Waals surface area contributed by atoms with Gasteiger partial charge in [0.1, 0.15) is 21.7 Å². The van der Waals surface area contributed by atoms with Crippen molar-refractivity contribution in [3.63, 3.8) is 0 Å². The lowest BCUT2D eigenvalue weighted by atomic mass is 10.0. The van der Waals surface area contributed by atoms with E-state index in [1.807, 2.05) is 0 Å². The zero-order valence-corrected chi connectivity index (χ0v) is 18.3. The minimum atomic E-state index is -0.595. The molecule has 9 heteroatoms. The van der Waals surface area contributed by atoms with E-state index in [0.29, 0.717) is 31.6 Å².